The molecule has 8 nitrogen and oxygen atoms in total. The number of aryl methyl sites for hydroxylation is 1. The zero-order valence-electron chi connectivity index (χ0n) is 16.7. The SMILES string of the molecule is Cc1cc2c(c(=O)n1Cc1ccccc1)[C@@H](c1cccc([NH+]([O-])O)c1)C(C#N)=C(N)O2. The van der Waals surface area contributed by atoms with Gasteiger partial charge in [-0.05, 0) is 18.1 Å². The highest BCUT2D eigenvalue weighted by Gasteiger charge is 2.34. The molecule has 0 aliphatic carbocycles. The molecule has 2 aromatic carbocycles. The molecule has 3 aromatic rings. The Balaban J connectivity index is 1.93. The van der Waals surface area contributed by atoms with Gasteiger partial charge < -0.3 is 20.2 Å². The fraction of sp³-hybridized carbons (Fsp3) is 0.130. The quantitative estimate of drug-likeness (QED) is 0.557. The van der Waals surface area contributed by atoms with Crippen molar-refractivity contribution in [2.24, 2.45) is 5.73 Å². The van der Waals surface area contributed by atoms with Crippen molar-refractivity contribution in [1.29, 1.82) is 5.26 Å². The molecule has 2 atom stereocenters. The summed E-state index contributed by atoms with van der Waals surface area (Å²) in [5, 5.41) is 29.5. The standard InChI is InChI=1S/C23H20N4O4/c1-14-10-19-21(23(28)26(14)13-15-6-3-2-4-7-15)20(18(12-24)22(25)31-19)16-8-5-9-17(11-16)27(29)30/h2-11,20,27,29H,13,25H2,1H3/t20-/m0/s1. The van der Waals surface area contributed by atoms with Crippen LogP contribution in [0, 0.1) is 23.5 Å². The third-order valence-electron chi connectivity index (χ3n) is 5.34. The van der Waals surface area contributed by atoms with E-state index in [2.05, 4.69) is 0 Å². The largest absolute Gasteiger partial charge is 0.595 e. The highest BCUT2D eigenvalue weighted by atomic mass is 16.8. The molecule has 0 radical (unpaired) electrons. The van der Waals surface area contributed by atoms with Gasteiger partial charge in [0.05, 0.1) is 18.0 Å². The van der Waals surface area contributed by atoms with Crippen molar-refractivity contribution in [2.45, 2.75) is 19.4 Å². The van der Waals surface area contributed by atoms with E-state index < -0.39 is 11.1 Å². The molecule has 0 fully saturated rings. The molecule has 0 bridgehead atoms. The van der Waals surface area contributed by atoms with Gasteiger partial charge in [-0.2, -0.15) is 10.5 Å². The number of fused-ring (bicyclic) bond motifs is 1. The van der Waals surface area contributed by atoms with Crippen molar-refractivity contribution in [3.05, 3.63) is 110 Å². The summed E-state index contributed by atoms with van der Waals surface area (Å²) < 4.78 is 7.25. The van der Waals surface area contributed by atoms with Crippen LogP contribution >= 0.6 is 0 Å². The fourth-order valence-electron chi connectivity index (χ4n) is 3.83. The van der Waals surface area contributed by atoms with Crippen molar-refractivity contribution >= 4 is 5.69 Å². The van der Waals surface area contributed by atoms with Crippen LogP contribution in [-0.2, 0) is 6.54 Å². The second-order valence-corrected chi connectivity index (χ2v) is 7.30. The fourth-order valence-corrected chi connectivity index (χ4v) is 3.83. The Morgan fingerprint density at radius 3 is 2.65 bits per heavy atom. The molecule has 31 heavy (non-hydrogen) atoms. The monoisotopic (exact) mass is 416 g/mol. The van der Waals surface area contributed by atoms with Gasteiger partial charge in [0, 0.05) is 23.9 Å². The summed E-state index contributed by atoms with van der Waals surface area (Å²) in [6.45, 7) is 2.15. The number of aromatic nitrogens is 1. The molecule has 2 heterocycles. The van der Waals surface area contributed by atoms with Crippen LogP contribution in [0.2, 0.25) is 0 Å². The summed E-state index contributed by atoms with van der Waals surface area (Å²) in [5.41, 5.74) is 8.18. The van der Waals surface area contributed by atoms with Crippen LogP contribution in [0.4, 0.5) is 5.69 Å². The lowest BCUT2D eigenvalue weighted by Crippen LogP contribution is -2.99. The van der Waals surface area contributed by atoms with E-state index in [0.717, 1.165) is 5.56 Å². The first-order valence-electron chi connectivity index (χ1n) is 9.59. The van der Waals surface area contributed by atoms with E-state index in [4.69, 9.17) is 10.5 Å². The molecular weight excluding hydrogens is 396 g/mol. The average molecular weight is 416 g/mol. The summed E-state index contributed by atoms with van der Waals surface area (Å²) in [6.07, 6.45) is 0. The van der Waals surface area contributed by atoms with E-state index in [0.29, 0.717) is 17.8 Å². The minimum Gasteiger partial charge on any atom is -0.595 e. The Morgan fingerprint density at radius 2 is 1.97 bits per heavy atom. The summed E-state index contributed by atoms with van der Waals surface area (Å²) in [7, 11) is 0. The predicted octanol–water partition coefficient (Wildman–Crippen LogP) is 1.83. The van der Waals surface area contributed by atoms with Gasteiger partial charge in [0.15, 0.2) is 5.69 Å². The molecular formula is C23H20N4O4. The minimum absolute atomic E-state index is 0.0538. The Bertz CT molecular complexity index is 1270. The van der Waals surface area contributed by atoms with E-state index in [1.807, 2.05) is 36.4 Å². The van der Waals surface area contributed by atoms with Crippen molar-refractivity contribution in [3.8, 4) is 11.8 Å². The molecule has 0 spiro atoms. The molecule has 8 heteroatoms. The lowest BCUT2D eigenvalue weighted by Gasteiger charge is -2.27. The number of hydrogen-bond donors (Lipinski definition) is 3. The summed E-state index contributed by atoms with van der Waals surface area (Å²) in [4.78, 5) is 13.6. The lowest BCUT2D eigenvalue weighted by atomic mass is 9.84. The van der Waals surface area contributed by atoms with Gasteiger partial charge >= 0.3 is 0 Å². The molecule has 1 aliphatic rings. The lowest BCUT2D eigenvalue weighted by molar-refractivity contribution is -0.991. The van der Waals surface area contributed by atoms with Gasteiger partial charge in [0.2, 0.25) is 5.88 Å². The number of ether oxygens (including phenoxy) is 1. The van der Waals surface area contributed by atoms with E-state index in [9.17, 15) is 20.5 Å². The zero-order chi connectivity index (χ0) is 22.1. The van der Waals surface area contributed by atoms with Crippen LogP contribution in [0.25, 0.3) is 0 Å². The van der Waals surface area contributed by atoms with Crippen molar-refractivity contribution in [3.63, 3.8) is 0 Å². The van der Waals surface area contributed by atoms with Crippen molar-refractivity contribution in [1.82, 2.24) is 4.57 Å². The molecule has 4 N–H and O–H groups in total. The minimum atomic E-state index is -1.10. The summed E-state index contributed by atoms with van der Waals surface area (Å²) in [5.74, 6) is -0.655. The van der Waals surface area contributed by atoms with Gasteiger partial charge in [-0.25, -0.2) is 5.21 Å². The number of nitriles is 1. The van der Waals surface area contributed by atoms with Crippen LogP contribution in [-0.4, -0.2) is 9.77 Å². The number of nitrogens with one attached hydrogen (secondary N) is 1. The maximum atomic E-state index is 13.6. The number of nitrogens with zero attached hydrogens (tertiary/aromatic N) is 2. The average Bonchev–Trinajstić information content (AvgIpc) is 2.76. The van der Waals surface area contributed by atoms with E-state index in [-0.39, 0.29) is 34.0 Å². The van der Waals surface area contributed by atoms with E-state index >= 15 is 0 Å². The van der Waals surface area contributed by atoms with E-state index in [1.165, 1.54) is 12.1 Å². The Morgan fingerprint density at radius 1 is 1.23 bits per heavy atom. The molecule has 1 unspecified atom stereocenters. The van der Waals surface area contributed by atoms with Gasteiger partial charge in [0.1, 0.15) is 17.4 Å². The summed E-state index contributed by atoms with van der Waals surface area (Å²) in [6, 6.07) is 19.5. The Hall–Kier alpha value is -3.90. The Kier molecular flexibility index (Phi) is 5.31. The molecule has 0 amide bonds. The Labute approximate surface area is 178 Å². The smallest absolute Gasteiger partial charge is 0.259 e. The third-order valence-corrected chi connectivity index (χ3v) is 5.34. The molecule has 0 saturated heterocycles. The van der Waals surface area contributed by atoms with Crippen LogP contribution in [0.5, 0.6) is 5.75 Å². The molecule has 156 valence electrons. The maximum Gasteiger partial charge on any atom is 0.259 e. The van der Waals surface area contributed by atoms with Gasteiger partial charge in [-0.1, -0.05) is 42.5 Å². The number of benzene rings is 2. The number of allylic oxidation sites excluding steroid dienone is 1. The molecule has 4 rings (SSSR count). The number of quaternary nitrogens is 1. The maximum absolute atomic E-state index is 13.6. The van der Waals surface area contributed by atoms with Crippen molar-refractivity contribution in [2.75, 3.05) is 0 Å². The molecule has 1 aliphatic heterocycles. The zero-order valence-corrected chi connectivity index (χ0v) is 16.7. The highest BCUT2D eigenvalue weighted by Crippen LogP contribution is 2.40. The highest BCUT2D eigenvalue weighted by molar-refractivity contribution is 5.56. The van der Waals surface area contributed by atoms with E-state index in [1.54, 1.807) is 29.7 Å². The van der Waals surface area contributed by atoms with Crippen LogP contribution in [0.15, 0.2) is 76.9 Å². The van der Waals surface area contributed by atoms with Crippen molar-refractivity contribution < 1.29 is 15.2 Å². The van der Waals surface area contributed by atoms with Crippen LogP contribution < -0.4 is 21.3 Å². The number of rotatable bonds is 4. The predicted molar refractivity (Wildman–Crippen MR) is 112 cm³/mol. The molecule has 1 aromatic heterocycles. The number of hydrogen-bond acceptors (Lipinski definition) is 6. The third kappa shape index (κ3) is 3.69. The number of pyridine rings is 1. The first-order chi connectivity index (χ1) is 14.9. The topological polar surface area (TPSA) is 129 Å². The van der Waals surface area contributed by atoms with Crippen LogP contribution in [0.1, 0.15) is 28.3 Å². The first kappa shape index (κ1) is 20.4. The number of nitrogens with two attached hydrogens (primary N) is 1. The normalized spacial score (nSPS) is 16.3. The van der Waals surface area contributed by atoms with Gasteiger partial charge in [0.25, 0.3) is 5.56 Å². The van der Waals surface area contributed by atoms with Gasteiger partial charge in [-0.3, -0.25) is 4.79 Å². The summed E-state index contributed by atoms with van der Waals surface area (Å²) >= 11 is 0. The second-order valence-electron chi connectivity index (χ2n) is 7.30. The first-order valence-corrected chi connectivity index (χ1v) is 9.59. The molecule has 0 saturated carbocycles. The van der Waals surface area contributed by atoms with Crippen LogP contribution in [0.3, 0.4) is 0 Å². The van der Waals surface area contributed by atoms with Gasteiger partial charge in [-0.15, -0.1) is 0 Å². The second kappa shape index (κ2) is 8.08.